The minimum Gasteiger partial charge on any atom is -0.481 e. The van der Waals surface area contributed by atoms with Gasteiger partial charge in [0.2, 0.25) is 0 Å². The fourth-order valence-electron chi connectivity index (χ4n) is 3.16. The molecule has 1 aliphatic heterocycles. The summed E-state index contributed by atoms with van der Waals surface area (Å²) in [5, 5.41) is 11.8. The van der Waals surface area contributed by atoms with E-state index in [1.165, 1.54) is 0 Å². The summed E-state index contributed by atoms with van der Waals surface area (Å²) >= 11 is 0. The standard InChI is InChI=1S/C19H20N2O3/c1-10-4-6-16-14(8-10)15(19(24)21-16)9-17-11(2)13(12(3)20-17)5-7-18(22)23/h4,6,8-9,20H,5,7H2,1-3H3,(H,21,24)(H,22,23). The number of hydrogen-bond donors (Lipinski definition) is 3. The van der Waals surface area contributed by atoms with Crippen LogP contribution in [-0.2, 0) is 16.0 Å². The van der Waals surface area contributed by atoms with E-state index < -0.39 is 5.97 Å². The minimum atomic E-state index is -0.811. The molecule has 0 aliphatic carbocycles. The molecule has 0 unspecified atom stereocenters. The molecule has 0 fully saturated rings. The Labute approximate surface area is 140 Å². The van der Waals surface area contributed by atoms with Crippen molar-refractivity contribution < 1.29 is 14.7 Å². The van der Waals surface area contributed by atoms with Crippen molar-refractivity contribution in [2.75, 3.05) is 5.32 Å². The Kier molecular flexibility index (Phi) is 4.01. The van der Waals surface area contributed by atoms with Gasteiger partial charge in [-0.25, -0.2) is 0 Å². The van der Waals surface area contributed by atoms with Crippen LogP contribution in [0.1, 0.15) is 40.1 Å². The maximum atomic E-state index is 12.3. The van der Waals surface area contributed by atoms with Crippen molar-refractivity contribution in [2.45, 2.75) is 33.6 Å². The van der Waals surface area contributed by atoms with E-state index in [1.54, 1.807) is 0 Å². The van der Waals surface area contributed by atoms with Crippen LogP contribution in [0, 0.1) is 20.8 Å². The number of hydrogen-bond acceptors (Lipinski definition) is 2. The van der Waals surface area contributed by atoms with E-state index in [0.29, 0.717) is 12.0 Å². The third-order valence-corrected chi connectivity index (χ3v) is 4.47. The predicted octanol–water partition coefficient (Wildman–Crippen LogP) is 3.45. The Balaban J connectivity index is 2.01. The van der Waals surface area contributed by atoms with E-state index >= 15 is 0 Å². The van der Waals surface area contributed by atoms with Crippen molar-refractivity contribution in [3.8, 4) is 0 Å². The second-order valence-electron chi connectivity index (χ2n) is 6.22. The first-order valence-corrected chi connectivity index (χ1v) is 7.90. The molecule has 0 radical (unpaired) electrons. The number of nitrogens with one attached hydrogen (secondary N) is 2. The SMILES string of the molecule is Cc1ccc2c(c1)C(=Cc1[nH]c(C)c(CCC(=O)O)c1C)C(=O)N2. The Morgan fingerprint density at radius 2 is 2.00 bits per heavy atom. The van der Waals surface area contributed by atoms with E-state index in [-0.39, 0.29) is 12.3 Å². The lowest BCUT2D eigenvalue weighted by molar-refractivity contribution is -0.137. The average molecular weight is 324 g/mol. The van der Waals surface area contributed by atoms with Crippen LogP contribution in [0.2, 0.25) is 0 Å². The van der Waals surface area contributed by atoms with Crippen LogP contribution >= 0.6 is 0 Å². The molecule has 2 heterocycles. The maximum Gasteiger partial charge on any atom is 0.303 e. The first-order chi connectivity index (χ1) is 11.4. The van der Waals surface area contributed by atoms with E-state index in [2.05, 4.69) is 10.3 Å². The smallest absolute Gasteiger partial charge is 0.303 e. The molecule has 3 N–H and O–H groups in total. The molecule has 2 aromatic rings. The molecule has 1 aromatic heterocycles. The quantitative estimate of drug-likeness (QED) is 0.753. The lowest BCUT2D eigenvalue weighted by Crippen LogP contribution is -2.03. The summed E-state index contributed by atoms with van der Waals surface area (Å²) < 4.78 is 0. The molecule has 0 atom stereocenters. The van der Waals surface area contributed by atoms with Crippen LogP contribution in [0.25, 0.3) is 11.6 Å². The monoisotopic (exact) mass is 324 g/mol. The molecule has 0 spiro atoms. The van der Waals surface area contributed by atoms with E-state index in [4.69, 9.17) is 5.11 Å². The number of fused-ring (bicyclic) bond motifs is 1. The molecule has 0 saturated heterocycles. The third-order valence-electron chi connectivity index (χ3n) is 4.47. The minimum absolute atomic E-state index is 0.0953. The molecule has 5 heteroatoms. The zero-order chi connectivity index (χ0) is 17.4. The number of carboxylic acid groups (broad SMARTS) is 1. The second kappa shape index (κ2) is 6.00. The highest BCUT2D eigenvalue weighted by molar-refractivity contribution is 6.34. The maximum absolute atomic E-state index is 12.3. The summed E-state index contributed by atoms with van der Waals surface area (Å²) in [5.74, 6) is -0.927. The number of amides is 1. The van der Waals surface area contributed by atoms with Crippen LogP contribution in [0.3, 0.4) is 0 Å². The van der Waals surface area contributed by atoms with Crippen molar-refractivity contribution in [1.82, 2.24) is 4.98 Å². The molecule has 3 rings (SSSR count). The Morgan fingerprint density at radius 1 is 1.25 bits per heavy atom. The number of rotatable bonds is 4. The molecule has 1 amide bonds. The Bertz CT molecular complexity index is 875. The van der Waals surface area contributed by atoms with Gasteiger partial charge in [-0.3, -0.25) is 9.59 Å². The van der Waals surface area contributed by atoms with Gasteiger partial charge in [0.05, 0.1) is 5.57 Å². The number of aryl methyl sites for hydroxylation is 2. The first kappa shape index (κ1) is 16.1. The Morgan fingerprint density at radius 3 is 2.71 bits per heavy atom. The van der Waals surface area contributed by atoms with Crippen LogP contribution in [0.5, 0.6) is 0 Å². The predicted molar refractivity (Wildman–Crippen MR) is 93.9 cm³/mol. The molecule has 24 heavy (non-hydrogen) atoms. The zero-order valence-electron chi connectivity index (χ0n) is 14.0. The number of aliphatic carboxylic acids is 1. The average Bonchev–Trinajstić information content (AvgIpc) is 2.95. The summed E-state index contributed by atoms with van der Waals surface area (Å²) in [7, 11) is 0. The summed E-state index contributed by atoms with van der Waals surface area (Å²) in [5.41, 5.74) is 7.25. The molecule has 0 saturated carbocycles. The van der Waals surface area contributed by atoms with Gasteiger partial charge in [-0.15, -0.1) is 0 Å². The highest BCUT2D eigenvalue weighted by Gasteiger charge is 2.24. The molecule has 5 nitrogen and oxygen atoms in total. The number of carbonyl (C=O) groups is 2. The number of aromatic nitrogens is 1. The van der Waals surface area contributed by atoms with Gasteiger partial charge in [-0.05, 0) is 56.5 Å². The number of benzene rings is 1. The van der Waals surface area contributed by atoms with Gasteiger partial charge in [0.25, 0.3) is 5.91 Å². The largest absolute Gasteiger partial charge is 0.481 e. The molecule has 1 aromatic carbocycles. The fourth-order valence-corrected chi connectivity index (χ4v) is 3.16. The van der Waals surface area contributed by atoms with Crippen molar-refractivity contribution >= 4 is 29.2 Å². The fraction of sp³-hybridized carbons (Fsp3) is 0.263. The zero-order valence-corrected chi connectivity index (χ0v) is 14.0. The highest BCUT2D eigenvalue weighted by Crippen LogP contribution is 2.34. The second-order valence-corrected chi connectivity index (χ2v) is 6.22. The molecule has 1 aliphatic rings. The van der Waals surface area contributed by atoms with E-state index in [0.717, 1.165) is 39.3 Å². The third kappa shape index (κ3) is 2.85. The Hall–Kier alpha value is -2.82. The van der Waals surface area contributed by atoms with Crippen molar-refractivity contribution in [1.29, 1.82) is 0 Å². The molecular weight excluding hydrogens is 304 g/mol. The molecular formula is C19H20N2O3. The van der Waals surface area contributed by atoms with Gasteiger partial charge in [0.15, 0.2) is 0 Å². The number of H-pyrrole nitrogens is 1. The van der Waals surface area contributed by atoms with Crippen molar-refractivity contribution in [3.63, 3.8) is 0 Å². The first-order valence-electron chi connectivity index (χ1n) is 7.90. The lowest BCUT2D eigenvalue weighted by atomic mass is 10.0. The van der Waals surface area contributed by atoms with Gasteiger partial charge in [0.1, 0.15) is 0 Å². The van der Waals surface area contributed by atoms with E-state index in [1.807, 2.05) is 45.0 Å². The molecule has 124 valence electrons. The van der Waals surface area contributed by atoms with Gasteiger partial charge in [0, 0.05) is 29.1 Å². The number of anilines is 1. The van der Waals surface area contributed by atoms with Crippen LogP contribution in [0.15, 0.2) is 18.2 Å². The van der Waals surface area contributed by atoms with Crippen molar-refractivity contribution in [3.05, 3.63) is 51.8 Å². The number of aromatic amines is 1. The van der Waals surface area contributed by atoms with Crippen LogP contribution < -0.4 is 5.32 Å². The van der Waals surface area contributed by atoms with Gasteiger partial charge < -0.3 is 15.4 Å². The lowest BCUT2D eigenvalue weighted by Gasteiger charge is -2.01. The topological polar surface area (TPSA) is 82.2 Å². The van der Waals surface area contributed by atoms with E-state index in [9.17, 15) is 9.59 Å². The summed E-state index contributed by atoms with van der Waals surface area (Å²) in [6.07, 6.45) is 2.43. The summed E-state index contributed by atoms with van der Waals surface area (Å²) in [4.78, 5) is 26.4. The summed E-state index contributed by atoms with van der Waals surface area (Å²) in [6.45, 7) is 5.88. The normalized spacial score (nSPS) is 14.8. The molecule has 0 bridgehead atoms. The van der Waals surface area contributed by atoms with Gasteiger partial charge >= 0.3 is 5.97 Å². The van der Waals surface area contributed by atoms with Crippen LogP contribution in [-0.4, -0.2) is 22.0 Å². The van der Waals surface area contributed by atoms with Gasteiger partial charge in [-0.1, -0.05) is 11.6 Å². The number of carbonyl (C=O) groups excluding carboxylic acids is 1. The van der Waals surface area contributed by atoms with Crippen LogP contribution in [0.4, 0.5) is 5.69 Å². The van der Waals surface area contributed by atoms with Gasteiger partial charge in [-0.2, -0.15) is 0 Å². The number of carboxylic acids is 1. The summed E-state index contributed by atoms with van der Waals surface area (Å²) in [6, 6.07) is 5.88. The van der Waals surface area contributed by atoms with Crippen molar-refractivity contribution in [2.24, 2.45) is 0 Å². The highest BCUT2D eigenvalue weighted by atomic mass is 16.4.